The molecule has 0 fully saturated rings. The highest BCUT2D eigenvalue weighted by molar-refractivity contribution is 7.26. The average molecular weight is 654 g/mol. The normalized spacial score (nSPS) is 11.6. The highest BCUT2D eigenvalue weighted by atomic mass is 32.1. The second-order valence-electron chi connectivity index (χ2n) is 12.9. The van der Waals surface area contributed by atoms with Crippen LogP contribution in [0.5, 0.6) is 0 Å². The van der Waals surface area contributed by atoms with Crippen LogP contribution in [0.15, 0.2) is 188 Å². The molecule has 1 heterocycles. The number of benzene rings is 9. The molecule has 1 aromatic heterocycles. The number of hydrogen-bond acceptors (Lipinski definition) is 2. The summed E-state index contributed by atoms with van der Waals surface area (Å²) >= 11 is 1.88. The van der Waals surface area contributed by atoms with Crippen molar-refractivity contribution in [3.63, 3.8) is 0 Å². The lowest BCUT2D eigenvalue weighted by molar-refractivity contribution is 1.30. The molecule has 234 valence electrons. The summed E-state index contributed by atoms with van der Waals surface area (Å²) in [7, 11) is 0. The molecule has 0 aliphatic rings. The van der Waals surface area contributed by atoms with Gasteiger partial charge in [-0.05, 0) is 85.6 Å². The lowest BCUT2D eigenvalue weighted by Crippen LogP contribution is -2.10. The molecular formula is C48H31NS. The first-order chi connectivity index (χ1) is 24.8. The average Bonchev–Trinajstić information content (AvgIpc) is 3.58. The number of nitrogens with zero attached hydrogens (tertiary/aromatic N) is 1. The van der Waals surface area contributed by atoms with Crippen LogP contribution in [0.2, 0.25) is 0 Å². The standard InChI is InChI=1S/C48H31NS/c1-2-11-32(12-3-1)33-27-29-38(30-28-33)49(44-21-9-14-35-25-26-36-24-23-34-13-4-5-17-40(34)46(36)47(35)44)39-16-8-15-37(31-39)41-19-10-20-43-42-18-6-7-22-45(42)50-48(41)43/h1-31H. The molecule has 0 unspecified atom stereocenters. The van der Waals surface area contributed by atoms with Crippen molar-refractivity contribution in [3.05, 3.63) is 188 Å². The SMILES string of the molecule is c1ccc(-c2ccc(N(c3cccc(-c4cccc5c4sc4ccccc45)c3)c3cccc4ccc5ccc6ccccc6c5c34)cc2)cc1. The summed E-state index contributed by atoms with van der Waals surface area (Å²) in [6, 6.07) is 68.7. The van der Waals surface area contributed by atoms with E-state index in [2.05, 4.69) is 193 Å². The summed E-state index contributed by atoms with van der Waals surface area (Å²) in [5.41, 5.74) is 8.29. The Morgan fingerprint density at radius 2 is 0.980 bits per heavy atom. The van der Waals surface area contributed by atoms with Crippen LogP contribution >= 0.6 is 11.3 Å². The number of anilines is 3. The first-order valence-corrected chi connectivity index (χ1v) is 17.9. The van der Waals surface area contributed by atoms with E-state index in [1.54, 1.807) is 0 Å². The maximum atomic E-state index is 2.45. The van der Waals surface area contributed by atoms with Gasteiger partial charge in [0.1, 0.15) is 0 Å². The van der Waals surface area contributed by atoms with Crippen LogP contribution in [0.3, 0.4) is 0 Å². The van der Waals surface area contributed by atoms with Crippen LogP contribution in [0.25, 0.3) is 74.7 Å². The van der Waals surface area contributed by atoms with Crippen molar-refractivity contribution in [2.45, 2.75) is 0 Å². The van der Waals surface area contributed by atoms with Gasteiger partial charge in [0.25, 0.3) is 0 Å². The van der Waals surface area contributed by atoms with Crippen LogP contribution in [-0.2, 0) is 0 Å². The van der Waals surface area contributed by atoms with Gasteiger partial charge in [0.05, 0.1) is 5.69 Å². The predicted molar refractivity (Wildman–Crippen MR) is 217 cm³/mol. The minimum absolute atomic E-state index is 1.12. The fraction of sp³-hybridized carbons (Fsp3) is 0. The first-order valence-electron chi connectivity index (χ1n) is 17.1. The van der Waals surface area contributed by atoms with E-state index in [-0.39, 0.29) is 0 Å². The molecule has 0 spiro atoms. The van der Waals surface area contributed by atoms with Gasteiger partial charge in [-0.25, -0.2) is 0 Å². The summed E-state index contributed by atoms with van der Waals surface area (Å²) in [6.07, 6.45) is 0. The molecule has 2 heteroatoms. The van der Waals surface area contributed by atoms with Gasteiger partial charge in [-0.1, -0.05) is 152 Å². The van der Waals surface area contributed by atoms with Crippen molar-refractivity contribution in [1.29, 1.82) is 0 Å². The van der Waals surface area contributed by atoms with E-state index in [0.717, 1.165) is 17.1 Å². The minimum atomic E-state index is 1.12. The Morgan fingerprint density at radius 3 is 1.84 bits per heavy atom. The van der Waals surface area contributed by atoms with Gasteiger partial charge in [-0.15, -0.1) is 11.3 Å². The molecule has 0 aliphatic heterocycles. The molecule has 50 heavy (non-hydrogen) atoms. The lowest BCUT2D eigenvalue weighted by Gasteiger charge is -2.28. The summed E-state index contributed by atoms with van der Waals surface area (Å²) in [4.78, 5) is 2.45. The highest BCUT2D eigenvalue weighted by Crippen LogP contribution is 2.46. The zero-order valence-electron chi connectivity index (χ0n) is 27.3. The number of thiophene rings is 1. The van der Waals surface area contributed by atoms with Crippen molar-refractivity contribution in [3.8, 4) is 22.3 Å². The molecule has 0 amide bonds. The molecule has 0 saturated heterocycles. The minimum Gasteiger partial charge on any atom is -0.310 e. The summed E-state index contributed by atoms with van der Waals surface area (Å²) in [5.74, 6) is 0. The Hall–Kier alpha value is -6.22. The van der Waals surface area contributed by atoms with Crippen molar-refractivity contribution < 1.29 is 0 Å². The first kappa shape index (κ1) is 28.8. The molecule has 0 atom stereocenters. The number of fused-ring (bicyclic) bond motifs is 8. The molecule has 9 aromatic carbocycles. The number of rotatable bonds is 5. The van der Waals surface area contributed by atoms with Crippen LogP contribution in [-0.4, -0.2) is 0 Å². The maximum Gasteiger partial charge on any atom is 0.0546 e. The van der Waals surface area contributed by atoms with Crippen LogP contribution in [0, 0.1) is 0 Å². The monoisotopic (exact) mass is 653 g/mol. The lowest BCUT2D eigenvalue weighted by atomic mass is 9.94. The molecule has 0 N–H and O–H groups in total. The van der Waals surface area contributed by atoms with Crippen LogP contribution in [0.4, 0.5) is 17.1 Å². The van der Waals surface area contributed by atoms with Crippen molar-refractivity contribution in [1.82, 2.24) is 0 Å². The highest BCUT2D eigenvalue weighted by Gasteiger charge is 2.19. The van der Waals surface area contributed by atoms with Gasteiger partial charge < -0.3 is 4.90 Å². The molecule has 0 bridgehead atoms. The Kier molecular flexibility index (Phi) is 6.75. The van der Waals surface area contributed by atoms with Gasteiger partial charge in [-0.3, -0.25) is 0 Å². The van der Waals surface area contributed by atoms with Crippen LogP contribution in [0.1, 0.15) is 0 Å². The van der Waals surface area contributed by atoms with Gasteiger partial charge in [0.15, 0.2) is 0 Å². The zero-order chi connectivity index (χ0) is 33.0. The smallest absolute Gasteiger partial charge is 0.0546 e. The Labute approximate surface area is 294 Å². The molecular weight excluding hydrogens is 623 g/mol. The second kappa shape index (κ2) is 11.7. The third-order valence-corrected chi connectivity index (χ3v) is 11.2. The summed E-state index contributed by atoms with van der Waals surface area (Å²) in [5, 5.41) is 10.2. The van der Waals surface area contributed by atoms with Gasteiger partial charge in [0.2, 0.25) is 0 Å². The van der Waals surface area contributed by atoms with Gasteiger partial charge >= 0.3 is 0 Å². The van der Waals surface area contributed by atoms with Gasteiger partial charge in [0, 0.05) is 36.9 Å². The molecule has 0 aliphatic carbocycles. The van der Waals surface area contributed by atoms with E-state index in [1.165, 1.54) is 74.7 Å². The largest absolute Gasteiger partial charge is 0.310 e. The van der Waals surface area contributed by atoms with E-state index in [4.69, 9.17) is 0 Å². The Bertz CT molecular complexity index is 2860. The molecule has 0 saturated carbocycles. The fourth-order valence-electron chi connectivity index (χ4n) is 7.69. The van der Waals surface area contributed by atoms with Crippen LogP contribution < -0.4 is 4.90 Å². The fourth-order valence-corrected chi connectivity index (χ4v) is 8.93. The zero-order valence-corrected chi connectivity index (χ0v) is 28.1. The Morgan fingerprint density at radius 1 is 0.360 bits per heavy atom. The van der Waals surface area contributed by atoms with E-state index in [0.29, 0.717) is 0 Å². The van der Waals surface area contributed by atoms with Crippen molar-refractivity contribution >= 4 is 80.9 Å². The number of hydrogen-bond donors (Lipinski definition) is 0. The predicted octanol–water partition coefficient (Wildman–Crippen LogP) is 14.3. The molecule has 0 radical (unpaired) electrons. The summed E-state index contributed by atoms with van der Waals surface area (Å²) < 4.78 is 2.65. The molecule has 10 rings (SSSR count). The summed E-state index contributed by atoms with van der Waals surface area (Å²) in [6.45, 7) is 0. The third-order valence-electron chi connectivity index (χ3n) is 10.0. The van der Waals surface area contributed by atoms with Crippen molar-refractivity contribution in [2.75, 3.05) is 4.90 Å². The Balaban J connectivity index is 1.23. The van der Waals surface area contributed by atoms with E-state index in [9.17, 15) is 0 Å². The topological polar surface area (TPSA) is 3.24 Å². The molecule has 10 aromatic rings. The molecule has 1 nitrogen and oxygen atoms in total. The van der Waals surface area contributed by atoms with E-state index >= 15 is 0 Å². The van der Waals surface area contributed by atoms with E-state index < -0.39 is 0 Å². The quantitative estimate of drug-likeness (QED) is 0.167. The maximum absolute atomic E-state index is 2.45. The van der Waals surface area contributed by atoms with E-state index in [1.807, 2.05) is 11.3 Å². The van der Waals surface area contributed by atoms with Crippen molar-refractivity contribution in [2.24, 2.45) is 0 Å². The van der Waals surface area contributed by atoms with Gasteiger partial charge in [-0.2, -0.15) is 0 Å². The second-order valence-corrected chi connectivity index (χ2v) is 14.0. The third kappa shape index (κ3) is 4.69.